The first-order chi connectivity index (χ1) is 8.37. The summed E-state index contributed by atoms with van der Waals surface area (Å²) in [6, 6.07) is 0. The van der Waals surface area contributed by atoms with E-state index in [-0.39, 0.29) is 5.82 Å². The second-order valence-corrected chi connectivity index (χ2v) is 4.29. The fraction of sp³-hybridized carbons (Fsp3) is 0.667. The van der Waals surface area contributed by atoms with Crippen molar-refractivity contribution in [2.24, 2.45) is 0 Å². The van der Waals surface area contributed by atoms with Crippen LogP contribution in [0.1, 0.15) is 13.2 Å². The average molecular weight is 258 g/mol. The van der Waals surface area contributed by atoms with Crippen LogP contribution in [0, 0.1) is 0 Å². The topological polar surface area (TPSA) is 144 Å². The zero-order chi connectivity index (χ0) is 13.5. The molecule has 9 heteroatoms. The molecule has 4 unspecified atom stereocenters. The van der Waals surface area contributed by atoms with E-state index in [1.54, 1.807) is 0 Å². The van der Waals surface area contributed by atoms with Gasteiger partial charge in [-0.15, -0.1) is 0 Å². The van der Waals surface area contributed by atoms with Gasteiger partial charge < -0.3 is 25.8 Å². The zero-order valence-electron chi connectivity index (χ0n) is 9.59. The predicted octanol–water partition coefficient (Wildman–Crippen LogP) is -2.78. The molecule has 0 amide bonds. The fourth-order valence-corrected chi connectivity index (χ4v) is 1.87. The van der Waals surface area contributed by atoms with Gasteiger partial charge in [0, 0.05) is 0 Å². The predicted molar refractivity (Wildman–Crippen MR) is 58.3 cm³/mol. The van der Waals surface area contributed by atoms with Crippen LogP contribution in [-0.4, -0.2) is 54.5 Å². The van der Waals surface area contributed by atoms with E-state index in [1.807, 2.05) is 0 Å². The molecule has 1 aliphatic rings. The molecule has 1 aromatic rings. The highest BCUT2D eigenvalue weighted by molar-refractivity contribution is 5.19. The standard InChI is InChI=1S/C9H14N4O5/c1-9(17)6(15)4(3-14)18-7(9)13-8(16)12-5(10)2-11-13/h2,4,6-7,14-15,17H,3H2,1H3,(H2,10,12,16). The van der Waals surface area contributed by atoms with Gasteiger partial charge in [0.1, 0.15) is 23.6 Å². The number of anilines is 1. The van der Waals surface area contributed by atoms with Crippen molar-refractivity contribution in [1.82, 2.24) is 14.8 Å². The average Bonchev–Trinajstić information content (AvgIpc) is 2.52. The van der Waals surface area contributed by atoms with Gasteiger partial charge in [0.15, 0.2) is 6.23 Å². The highest BCUT2D eigenvalue weighted by atomic mass is 16.6. The number of hydrogen-bond donors (Lipinski definition) is 4. The quantitative estimate of drug-likeness (QED) is 0.446. The summed E-state index contributed by atoms with van der Waals surface area (Å²) in [5.41, 5.74) is 2.71. The first kappa shape index (κ1) is 12.9. The summed E-state index contributed by atoms with van der Waals surface area (Å²) in [4.78, 5) is 15.0. The van der Waals surface area contributed by atoms with Gasteiger partial charge in [-0.1, -0.05) is 0 Å². The molecular formula is C9H14N4O5. The molecule has 0 saturated carbocycles. The number of nitrogens with zero attached hydrogens (tertiary/aromatic N) is 3. The number of rotatable bonds is 2. The van der Waals surface area contributed by atoms with Crippen molar-refractivity contribution in [1.29, 1.82) is 0 Å². The van der Waals surface area contributed by atoms with Crippen LogP contribution < -0.4 is 11.4 Å². The van der Waals surface area contributed by atoms with Crippen molar-refractivity contribution in [2.75, 3.05) is 12.3 Å². The van der Waals surface area contributed by atoms with Crippen LogP contribution in [0.2, 0.25) is 0 Å². The number of aromatic nitrogens is 3. The van der Waals surface area contributed by atoms with Crippen LogP contribution >= 0.6 is 0 Å². The summed E-state index contributed by atoms with van der Waals surface area (Å²) >= 11 is 0. The van der Waals surface area contributed by atoms with E-state index in [9.17, 15) is 15.0 Å². The SMILES string of the molecule is CC1(O)C(O)C(CO)OC1n1ncc(N)nc1=O. The normalized spacial score (nSPS) is 35.9. The Hall–Kier alpha value is -1.55. The summed E-state index contributed by atoms with van der Waals surface area (Å²) in [5, 5.41) is 32.6. The fourth-order valence-electron chi connectivity index (χ4n) is 1.87. The molecule has 5 N–H and O–H groups in total. The minimum absolute atomic E-state index is 0.0619. The van der Waals surface area contributed by atoms with Crippen LogP contribution in [0.5, 0.6) is 0 Å². The third kappa shape index (κ3) is 1.86. The second-order valence-electron chi connectivity index (χ2n) is 4.29. The van der Waals surface area contributed by atoms with E-state index in [0.29, 0.717) is 0 Å². The highest BCUT2D eigenvalue weighted by Gasteiger charge is 2.53. The maximum Gasteiger partial charge on any atom is 0.368 e. The van der Waals surface area contributed by atoms with E-state index in [0.717, 1.165) is 10.9 Å². The lowest BCUT2D eigenvalue weighted by molar-refractivity contribution is -0.105. The van der Waals surface area contributed by atoms with Crippen molar-refractivity contribution < 1.29 is 20.1 Å². The summed E-state index contributed by atoms with van der Waals surface area (Å²) in [6.07, 6.45) is -2.47. The number of aliphatic hydroxyl groups is 3. The Morgan fingerprint density at radius 3 is 2.83 bits per heavy atom. The van der Waals surface area contributed by atoms with Crippen molar-refractivity contribution in [3.05, 3.63) is 16.7 Å². The van der Waals surface area contributed by atoms with Gasteiger partial charge in [0.05, 0.1) is 12.8 Å². The summed E-state index contributed by atoms with van der Waals surface area (Å²) < 4.78 is 5.99. The molecule has 0 aromatic carbocycles. The van der Waals surface area contributed by atoms with Gasteiger partial charge >= 0.3 is 5.69 Å². The largest absolute Gasteiger partial charge is 0.394 e. The smallest absolute Gasteiger partial charge is 0.368 e. The van der Waals surface area contributed by atoms with E-state index >= 15 is 0 Å². The monoisotopic (exact) mass is 258 g/mol. The van der Waals surface area contributed by atoms with E-state index in [4.69, 9.17) is 15.6 Å². The van der Waals surface area contributed by atoms with Gasteiger partial charge in [-0.2, -0.15) is 14.8 Å². The molecule has 0 bridgehead atoms. The number of nitrogen functional groups attached to an aromatic ring is 1. The maximum atomic E-state index is 11.6. The Bertz CT molecular complexity index is 502. The van der Waals surface area contributed by atoms with Gasteiger partial charge in [0.25, 0.3) is 0 Å². The molecule has 1 aliphatic heterocycles. The first-order valence-corrected chi connectivity index (χ1v) is 5.26. The van der Waals surface area contributed by atoms with E-state index < -0.39 is 36.3 Å². The van der Waals surface area contributed by atoms with Crippen LogP contribution in [-0.2, 0) is 4.74 Å². The zero-order valence-corrected chi connectivity index (χ0v) is 9.59. The van der Waals surface area contributed by atoms with Crippen LogP contribution in [0.4, 0.5) is 5.82 Å². The summed E-state index contributed by atoms with van der Waals surface area (Å²) in [6.45, 7) is 0.785. The lowest BCUT2D eigenvalue weighted by atomic mass is 9.97. The second kappa shape index (κ2) is 4.28. The van der Waals surface area contributed by atoms with E-state index in [2.05, 4.69) is 10.1 Å². The molecule has 2 heterocycles. The van der Waals surface area contributed by atoms with Crippen molar-refractivity contribution in [3.8, 4) is 0 Å². The number of aliphatic hydroxyl groups excluding tert-OH is 2. The molecule has 4 atom stereocenters. The third-order valence-corrected chi connectivity index (χ3v) is 2.89. The van der Waals surface area contributed by atoms with Crippen LogP contribution in [0.25, 0.3) is 0 Å². The Labute approximate surface area is 101 Å². The molecule has 1 fully saturated rings. The highest BCUT2D eigenvalue weighted by Crippen LogP contribution is 2.36. The molecule has 100 valence electrons. The number of ether oxygens (including phenoxy) is 1. The van der Waals surface area contributed by atoms with Crippen LogP contribution in [0.3, 0.4) is 0 Å². The van der Waals surface area contributed by atoms with Gasteiger partial charge in [-0.05, 0) is 6.92 Å². The minimum atomic E-state index is -1.78. The lowest BCUT2D eigenvalue weighted by Gasteiger charge is -2.26. The Morgan fingerprint density at radius 2 is 2.33 bits per heavy atom. The molecule has 0 radical (unpaired) electrons. The summed E-state index contributed by atoms with van der Waals surface area (Å²) in [5.74, 6) is -0.0619. The van der Waals surface area contributed by atoms with Crippen molar-refractivity contribution in [3.63, 3.8) is 0 Å². The minimum Gasteiger partial charge on any atom is -0.394 e. The molecule has 0 aliphatic carbocycles. The van der Waals surface area contributed by atoms with Crippen molar-refractivity contribution in [2.45, 2.75) is 31.0 Å². The molecular weight excluding hydrogens is 244 g/mol. The number of hydrogen-bond acceptors (Lipinski definition) is 8. The molecule has 0 spiro atoms. The molecule has 18 heavy (non-hydrogen) atoms. The van der Waals surface area contributed by atoms with E-state index in [1.165, 1.54) is 6.92 Å². The molecule has 1 saturated heterocycles. The molecule has 9 nitrogen and oxygen atoms in total. The molecule has 1 aromatic heterocycles. The first-order valence-electron chi connectivity index (χ1n) is 5.26. The lowest BCUT2D eigenvalue weighted by Crippen LogP contribution is -2.47. The number of nitrogens with two attached hydrogens (primary N) is 1. The van der Waals surface area contributed by atoms with Crippen molar-refractivity contribution >= 4 is 5.82 Å². The van der Waals surface area contributed by atoms with Gasteiger partial charge in [-0.25, -0.2) is 4.79 Å². The van der Waals surface area contributed by atoms with Crippen LogP contribution in [0.15, 0.2) is 11.0 Å². The Balaban J connectivity index is 2.42. The Morgan fingerprint density at radius 1 is 1.67 bits per heavy atom. The van der Waals surface area contributed by atoms with Gasteiger partial charge in [0.2, 0.25) is 0 Å². The summed E-state index contributed by atoms with van der Waals surface area (Å²) in [7, 11) is 0. The Kier molecular flexibility index (Phi) is 3.07. The third-order valence-electron chi connectivity index (χ3n) is 2.89. The van der Waals surface area contributed by atoms with Gasteiger partial charge in [-0.3, -0.25) is 0 Å². The maximum absolute atomic E-state index is 11.6. The molecule has 2 rings (SSSR count).